The third-order valence-corrected chi connectivity index (χ3v) is 2.41. The molecule has 7 heteroatoms. The summed E-state index contributed by atoms with van der Waals surface area (Å²) in [5.74, 6) is -1.59. The molecular weight excluding hydrogens is 278 g/mol. The largest absolute Gasteiger partial charge is 0.573 e. The highest BCUT2D eigenvalue weighted by atomic mass is 19.4. The third kappa shape index (κ3) is 2.93. The zero-order chi connectivity index (χ0) is 14.8. The molecule has 2 aromatic rings. The fraction of sp³-hybridized carbons (Fsp3) is 0.0769. The maximum atomic E-state index is 13.9. The molecule has 0 saturated carbocycles. The van der Waals surface area contributed by atoms with Gasteiger partial charge in [-0.3, -0.25) is 9.78 Å². The number of nitrogens with zero attached hydrogens (tertiary/aromatic N) is 1. The summed E-state index contributed by atoms with van der Waals surface area (Å²) in [6, 6.07) is 6.11. The summed E-state index contributed by atoms with van der Waals surface area (Å²) >= 11 is 0. The predicted molar refractivity (Wildman–Crippen MR) is 61.7 cm³/mol. The van der Waals surface area contributed by atoms with E-state index in [9.17, 15) is 22.4 Å². The maximum Gasteiger partial charge on any atom is 0.573 e. The Morgan fingerprint density at radius 3 is 2.50 bits per heavy atom. The number of ether oxygens (including phenoxy) is 1. The van der Waals surface area contributed by atoms with Gasteiger partial charge in [-0.05, 0) is 18.2 Å². The normalized spacial score (nSPS) is 11.2. The van der Waals surface area contributed by atoms with Crippen LogP contribution in [0.3, 0.4) is 0 Å². The van der Waals surface area contributed by atoms with Crippen molar-refractivity contribution in [1.29, 1.82) is 0 Å². The van der Waals surface area contributed by atoms with Crippen LogP contribution < -0.4 is 4.74 Å². The molecule has 0 spiro atoms. The van der Waals surface area contributed by atoms with Gasteiger partial charge in [0, 0.05) is 11.8 Å². The average Bonchev–Trinajstić information content (AvgIpc) is 2.38. The highest BCUT2D eigenvalue weighted by Gasteiger charge is 2.32. The van der Waals surface area contributed by atoms with Gasteiger partial charge in [0.2, 0.25) is 0 Å². The van der Waals surface area contributed by atoms with Gasteiger partial charge in [0.1, 0.15) is 11.4 Å². The lowest BCUT2D eigenvalue weighted by Crippen LogP contribution is -2.17. The number of alkyl halides is 3. The van der Waals surface area contributed by atoms with E-state index in [4.69, 9.17) is 0 Å². The fourth-order valence-corrected chi connectivity index (χ4v) is 1.61. The van der Waals surface area contributed by atoms with Crippen LogP contribution in [0.5, 0.6) is 5.75 Å². The number of halogens is 4. The van der Waals surface area contributed by atoms with E-state index in [1.807, 2.05) is 0 Å². The minimum absolute atomic E-state index is 0.189. The van der Waals surface area contributed by atoms with Crippen molar-refractivity contribution >= 4 is 6.29 Å². The second-order valence-electron chi connectivity index (χ2n) is 3.72. The second-order valence-corrected chi connectivity index (χ2v) is 3.72. The average molecular weight is 285 g/mol. The number of benzene rings is 1. The van der Waals surface area contributed by atoms with Gasteiger partial charge in [0.15, 0.2) is 12.1 Å². The van der Waals surface area contributed by atoms with E-state index in [0.29, 0.717) is 0 Å². The van der Waals surface area contributed by atoms with Crippen molar-refractivity contribution in [2.45, 2.75) is 6.36 Å². The SMILES string of the molecule is O=Cc1ccnc(-c2ccccc2OC(F)(F)F)c1F. The highest BCUT2D eigenvalue weighted by Crippen LogP contribution is 2.34. The van der Waals surface area contributed by atoms with E-state index in [-0.39, 0.29) is 23.1 Å². The van der Waals surface area contributed by atoms with Crippen LogP contribution in [0.4, 0.5) is 17.6 Å². The van der Waals surface area contributed by atoms with E-state index >= 15 is 0 Å². The first-order valence-corrected chi connectivity index (χ1v) is 5.37. The summed E-state index contributed by atoms with van der Waals surface area (Å²) in [6.07, 6.45) is -3.52. The van der Waals surface area contributed by atoms with Gasteiger partial charge in [0.05, 0.1) is 5.56 Å². The van der Waals surface area contributed by atoms with E-state index in [2.05, 4.69) is 9.72 Å². The Hall–Kier alpha value is -2.44. The van der Waals surface area contributed by atoms with Crippen molar-refractivity contribution in [2.75, 3.05) is 0 Å². The van der Waals surface area contributed by atoms with Crippen molar-refractivity contribution in [3.63, 3.8) is 0 Å². The number of para-hydroxylation sites is 1. The van der Waals surface area contributed by atoms with E-state index in [1.54, 1.807) is 0 Å². The smallest absolute Gasteiger partial charge is 0.405 e. The number of hydrogen-bond acceptors (Lipinski definition) is 3. The van der Waals surface area contributed by atoms with Gasteiger partial charge in [0.25, 0.3) is 0 Å². The van der Waals surface area contributed by atoms with E-state index < -0.39 is 17.9 Å². The van der Waals surface area contributed by atoms with Crippen LogP contribution >= 0.6 is 0 Å². The number of carbonyl (C=O) groups excluding carboxylic acids is 1. The first kappa shape index (κ1) is 14.0. The minimum Gasteiger partial charge on any atom is -0.405 e. The van der Waals surface area contributed by atoms with Crippen molar-refractivity contribution in [3.8, 4) is 17.0 Å². The first-order chi connectivity index (χ1) is 9.42. The van der Waals surface area contributed by atoms with Crippen molar-refractivity contribution in [2.24, 2.45) is 0 Å². The molecule has 0 amide bonds. The summed E-state index contributed by atoms with van der Waals surface area (Å²) < 4.78 is 54.6. The standard InChI is InChI=1S/C13H7F4NO2/c14-11-8(7-19)5-6-18-12(11)9-3-1-2-4-10(9)20-13(15,16)17/h1-7H. The Morgan fingerprint density at radius 2 is 1.85 bits per heavy atom. The fourth-order valence-electron chi connectivity index (χ4n) is 1.61. The Labute approximate surface area is 110 Å². The van der Waals surface area contributed by atoms with Gasteiger partial charge in [-0.15, -0.1) is 13.2 Å². The molecule has 0 saturated heterocycles. The van der Waals surface area contributed by atoms with Crippen LogP contribution in [0.2, 0.25) is 0 Å². The summed E-state index contributed by atoms with van der Waals surface area (Å²) in [4.78, 5) is 14.3. The topological polar surface area (TPSA) is 39.2 Å². The van der Waals surface area contributed by atoms with Crippen molar-refractivity contribution in [1.82, 2.24) is 4.98 Å². The van der Waals surface area contributed by atoms with E-state index in [0.717, 1.165) is 18.3 Å². The minimum atomic E-state index is -4.91. The van der Waals surface area contributed by atoms with Crippen LogP contribution in [0.1, 0.15) is 10.4 Å². The number of carbonyl (C=O) groups is 1. The summed E-state index contributed by atoms with van der Waals surface area (Å²) in [7, 11) is 0. The number of hydrogen-bond donors (Lipinski definition) is 0. The number of pyridine rings is 1. The molecule has 1 aromatic heterocycles. The zero-order valence-corrected chi connectivity index (χ0v) is 9.82. The van der Waals surface area contributed by atoms with Crippen molar-refractivity contribution in [3.05, 3.63) is 47.9 Å². The van der Waals surface area contributed by atoms with Crippen molar-refractivity contribution < 1.29 is 27.1 Å². The molecule has 0 N–H and O–H groups in total. The quantitative estimate of drug-likeness (QED) is 0.639. The molecule has 0 aliphatic carbocycles. The highest BCUT2D eigenvalue weighted by molar-refractivity contribution is 5.79. The molecular formula is C13H7F4NO2. The Bertz CT molecular complexity index is 641. The molecule has 0 unspecified atom stereocenters. The molecule has 104 valence electrons. The number of aromatic nitrogens is 1. The molecule has 0 atom stereocenters. The van der Waals surface area contributed by atoms with Gasteiger partial charge >= 0.3 is 6.36 Å². The monoisotopic (exact) mass is 285 g/mol. The van der Waals surface area contributed by atoms with Gasteiger partial charge in [-0.25, -0.2) is 4.39 Å². The molecule has 0 radical (unpaired) electrons. The maximum absolute atomic E-state index is 13.9. The summed E-state index contributed by atoms with van der Waals surface area (Å²) in [6.45, 7) is 0. The molecule has 0 aliphatic rings. The lowest BCUT2D eigenvalue weighted by molar-refractivity contribution is -0.274. The van der Waals surface area contributed by atoms with Crippen LogP contribution in [0.25, 0.3) is 11.3 Å². The van der Waals surface area contributed by atoms with Gasteiger partial charge < -0.3 is 4.74 Å². The third-order valence-electron chi connectivity index (χ3n) is 2.41. The van der Waals surface area contributed by atoms with Crippen LogP contribution in [-0.4, -0.2) is 17.6 Å². The van der Waals surface area contributed by atoms with Gasteiger partial charge in [-0.1, -0.05) is 12.1 Å². The van der Waals surface area contributed by atoms with Gasteiger partial charge in [-0.2, -0.15) is 0 Å². The zero-order valence-electron chi connectivity index (χ0n) is 9.82. The first-order valence-electron chi connectivity index (χ1n) is 5.37. The molecule has 1 heterocycles. The predicted octanol–water partition coefficient (Wildman–Crippen LogP) is 3.60. The second kappa shape index (κ2) is 5.28. The number of aldehydes is 1. The molecule has 3 nitrogen and oxygen atoms in total. The molecule has 2 rings (SSSR count). The molecule has 0 fully saturated rings. The van der Waals surface area contributed by atoms with E-state index in [1.165, 1.54) is 18.2 Å². The molecule has 20 heavy (non-hydrogen) atoms. The molecule has 0 aliphatic heterocycles. The Balaban J connectivity index is 2.56. The Morgan fingerprint density at radius 1 is 1.15 bits per heavy atom. The lowest BCUT2D eigenvalue weighted by atomic mass is 10.1. The lowest BCUT2D eigenvalue weighted by Gasteiger charge is -2.13. The Kier molecular flexibility index (Phi) is 3.69. The summed E-state index contributed by atoms with van der Waals surface area (Å²) in [5, 5.41) is 0. The number of rotatable bonds is 3. The van der Waals surface area contributed by atoms with Crippen LogP contribution in [0.15, 0.2) is 36.5 Å². The van der Waals surface area contributed by atoms with Crippen LogP contribution in [0, 0.1) is 5.82 Å². The summed E-state index contributed by atoms with van der Waals surface area (Å²) in [5.41, 5.74) is -0.864. The van der Waals surface area contributed by atoms with Crippen LogP contribution in [-0.2, 0) is 0 Å². The molecule has 0 bridgehead atoms. The molecule has 1 aromatic carbocycles.